The number of hydrogen-bond donors (Lipinski definition) is 1. The van der Waals surface area contributed by atoms with Gasteiger partial charge in [-0.1, -0.05) is 11.8 Å². The predicted molar refractivity (Wildman–Crippen MR) is 72.4 cm³/mol. The predicted octanol–water partition coefficient (Wildman–Crippen LogP) is 2.82. The van der Waals surface area contributed by atoms with Crippen LogP contribution in [0.3, 0.4) is 0 Å². The number of thioether (sulfide) groups is 1. The lowest BCUT2D eigenvalue weighted by Crippen LogP contribution is -2.04. The molecular weight excluding hydrogens is 270 g/mol. The van der Waals surface area contributed by atoms with Gasteiger partial charge in [0.2, 0.25) is 0 Å². The highest BCUT2D eigenvalue weighted by molar-refractivity contribution is 8.00. The normalized spacial score (nSPS) is 19.2. The molecule has 2 heterocycles. The van der Waals surface area contributed by atoms with Crippen LogP contribution in [0.1, 0.15) is 31.4 Å². The van der Waals surface area contributed by atoms with Crippen LogP contribution in [0.15, 0.2) is 9.72 Å². The largest absolute Gasteiger partial charge is 0.481 e. The van der Waals surface area contributed by atoms with Gasteiger partial charge in [0.15, 0.2) is 0 Å². The van der Waals surface area contributed by atoms with Gasteiger partial charge >= 0.3 is 5.97 Å². The summed E-state index contributed by atoms with van der Waals surface area (Å²) in [7, 11) is 0. The molecule has 1 aliphatic rings. The van der Waals surface area contributed by atoms with Crippen molar-refractivity contribution in [3.63, 3.8) is 0 Å². The summed E-state index contributed by atoms with van der Waals surface area (Å²) in [5.41, 5.74) is 0.661. The Morgan fingerprint density at radius 1 is 1.67 bits per heavy atom. The molecule has 0 amide bonds. The lowest BCUT2D eigenvalue weighted by atomic mass is 10.1. The van der Waals surface area contributed by atoms with E-state index >= 15 is 0 Å². The fourth-order valence-electron chi connectivity index (χ4n) is 1.93. The maximum atomic E-state index is 10.5. The van der Waals surface area contributed by atoms with Crippen molar-refractivity contribution in [2.24, 2.45) is 0 Å². The molecule has 4 nitrogen and oxygen atoms in total. The van der Waals surface area contributed by atoms with Crippen LogP contribution in [0.2, 0.25) is 0 Å². The Kier molecular flexibility index (Phi) is 5.46. The molecule has 1 atom stereocenters. The maximum Gasteiger partial charge on any atom is 0.309 e. The molecule has 1 unspecified atom stereocenters. The third-order valence-electron chi connectivity index (χ3n) is 2.78. The van der Waals surface area contributed by atoms with E-state index in [1.54, 1.807) is 11.8 Å². The molecule has 2 rings (SSSR count). The number of nitrogens with zero attached hydrogens (tertiary/aromatic N) is 1. The first-order chi connectivity index (χ1) is 8.74. The van der Waals surface area contributed by atoms with Crippen LogP contribution in [0.25, 0.3) is 0 Å². The van der Waals surface area contributed by atoms with E-state index in [1.807, 2.05) is 5.38 Å². The Hall–Kier alpha value is -0.590. The van der Waals surface area contributed by atoms with E-state index < -0.39 is 5.97 Å². The average molecular weight is 287 g/mol. The Morgan fingerprint density at radius 3 is 3.28 bits per heavy atom. The van der Waals surface area contributed by atoms with Gasteiger partial charge in [0, 0.05) is 17.7 Å². The van der Waals surface area contributed by atoms with E-state index in [0.29, 0.717) is 11.8 Å². The number of rotatable bonds is 7. The number of ether oxygens (including phenoxy) is 1. The van der Waals surface area contributed by atoms with E-state index in [-0.39, 0.29) is 6.42 Å². The van der Waals surface area contributed by atoms with E-state index in [9.17, 15) is 4.79 Å². The Labute approximate surface area is 115 Å². The minimum absolute atomic E-state index is 0.0208. The van der Waals surface area contributed by atoms with Crippen molar-refractivity contribution in [2.45, 2.75) is 42.5 Å². The highest BCUT2D eigenvalue weighted by Gasteiger charge is 2.14. The molecule has 0 saturated carbocycles. The minimum Gasteiger partial charge on any atom is -0.481 e. The van der Waals surface area contributed by atoms with Gasteiger partial charge in [-0.05, 0) is 25.7 Å². The smallest absolute Gasteiger partial charge is 0.309 e. The lowest BCUT2D eigenvalue weighted by Gasteiger charge is -2.07. The summed E-state index contributed by atoms with van der Waals surface area (Å²) in [4.78, 5) is 14.8. The second kappa shape index (κ2) is 7.11. The summed E-state index contributed by atoms with van der Waals surface area (Å²) in [5.74, 6) is 0.204. The summed E-state index contributed by atoms with van der Waals surface area (Å²) in [6, 6.07) is 0. The van der Waals surface area contributed by atoms with Gasteiger partial charge in [-0.2, -0.15) is 0 Å². The molecule has 6 heteroatoms. The molecular formula is C12H17NO3S2. The van der Waals surface area contributed by atoms with Crippen molar-refractivity contribution in [3.8, 4) is 0 Å². The number of hydrogen-bond acceptors (Lipinski definition) is 5. The summed E-state index contributed by atoms with van der Waals surface area (Å²) < 4.78 is 6.54. The monoisotopic (exact) mass is 287 g/mol. The number of aliphatic carboxylic acids is 1. The first-order valence-corrected chi connectivity index (χ1v) is 8.01. The zero-order chi connectivity index (χ0) is 12.8. The quantitative estimate of drug-likeness (QED) is 0.617. The number of thiazole rings is 1. The topological polar surface area (TPSA) is 59.4 Å². The summed E-state index contributed by atoms with van der Waals surface area (Å²) >= 11 is 3.24. The van der Waals surface area contributed by atoms with Crippen molar-refractivity contribution in [2.75, 3.05) is 12.4 Å². The Morgan fingerprint density at radius 2 is 2.56 bits per heavy atom. The van der Waals surface area contributed by atoms with Crippen LogP contribution in [-0.2, 0) is 16.0 Å². The molecule has 1 fully saturated rings. The van der Waals surface area contributed by atoms with E-state index in [0.717, 1.165) is 29.5 Å². The van der Waals surface area contributed by atoms with Crippen molar-refractivity contribution >= 4 is 29.1 Å². The molecule has 1 aromatic rings. The van der Waals surface area contributed by atoms with Crippen LogP contribution in [-0.4, -0.2) is 34.5 Å². The van der Waals surface area contributed by atoms with Gasteiger partial charge < -0.3 is 9.84 Å². The Balaban J connectivity index is 1.63. The molecule has 18 heavy (non-hydrogen) atoms. The maximum absolute atomic E-state index is 10.5. The van der Waals surface area contributed by atoms with Crippen molar-refractivity contribution in [3.05, 3.63) is 11.1 Å². The molecule has 0 bridgehead atoms. The summed E-state index contributed by atoms with van der Waals surface area (Å²) in [5, 5.41) is 10.5. The van der Waals surface area contributed by atoms with Crippen molar-refractivity contribution in [1.82, 2.24) is 4.98 Å². The first kappa shape index (κ1) is 13.8. The molecule has 0 spiro atoms. The van der Waals surface area contributed by atoms with E-state index in [2.05, 4.69) is 4.98 Å². The van der Waals surface area contributed by atoms with Gasteiger partial charge in [0.05, 0.1) is 18.2 Å². The molecule has 0 aliphatic carbocycles. The van der Waals surface area contributed by atoms with Gasteiger partial charge in [-0.3, -0.25) is 4.79 Å². The molecule has 1 aliphatic heterocycles. The van der Waals surface area contributed by atoms with Crippen LogP contribution in [0.5, 0.6) is 0 Å². The molecule has 1 aromatic heterocycles. The van der Waals surface area contributed by atoms with E-state index in [4.69, 9.17) is 9.84 Å². The summed E-state index contributed by atoms with van der Waals surface area (Å²) in [6.45, 7) is 0.919. The van der Waals surface area contributed by atoms with Crippen LogP contribution in [0.4, 0.5) is 0 Å². The molecule has 0 aromatic carbocycles. The fourth-order valence-corrected chi connectivity index (χ4v) is 3.81. The SMILES string of the molecule is O=C(O)Cc1csc(SCCCC2CCCO2)n1. The van der Waals surface area contributed by atoms with Gasteiger partial charge in [-0.25, -0.2) is 4.98 Å². The van der Waals surface area contributed by atoms with Crippen LogP contribution >= 0.6 is 23.1 Å². The minimum atomic E-state index is -0.824. The third-order valence-corrected chi connectivity index (χ3v) is 4.94. The number of carboxylic acid groups (broad SMARTS) is 1. The Bertz CT molecular complexity index is 388. The fraction of sp³-hybridized carbons (Fsp3) is 0.667. The molecule has 1 saturated heterocycles. The number of carboxylic acids is 1. The van der Waals surface area contributed by atoms with E-state index in [1.165, 1.54) is 24.2 Å². The third kappa shape index (κ3) is 4.59. The zero-order valence-corrected chi connectivity index (χ0v) is 11.8. The second-order valence-corrected chi connectivity index (χ2v) is 6.50. The highest BCUT2D eigenvalue weighted by Crippen LogP contribution is 2.25. The molecule has 1 N–H and O–H groups in total. The van der Waals surface area contributed by atoms with Crippen molar-refractivity contribution in [1.29, 1.82) is 0 Å². The standard InChI is InChI=1S/C12H17NO3S2/c14-11(15)7-9-8-18-12(13-9)17-6-2-4-10-3-1-5-16-10/h8,10H,1-7H2,(H,14,15). The summed E-state index contributed by atoms with van der Waals surface area (Å²) in [6.07, 6.45) is 5.13. The number of aromatic nitrogens is 1. The lowest BCUT2D eigenvalue weighted by molar-refractivity contribution is -0.136. The molecule has 0 radical (unpaired) electrons. The zero-order valence-electron chi connectivity index (χ0n) is 10.1. The van der Waals surface area contributed by atoms with Gasteiger partial charge in [0.25, 0.3) is 0 Å². The van der Waals surface area contributed by atoms with Gasteiger partial charge in [-0.15, -0.1) is 11.3 Å². The first-order valence-electron chi connectivity index (χ1n) is 6.14. The highest BCUT2D eigenvalue weighted by atomic mass is 32.2. The van der Waals surface area contributed by atoms with Crippen molar-refractivity contribution < 1.29 is 14.6 Å². The van der Waals surface area contributed by atoms with Crippen LogP contribution < -0.4 is 0 Å². The average Bonchev–Trinajstić information content (AvgIpc) is 2.95. The molecule has 100 valence electrons. The number of carbonyl (C=O) groups is 1. The second-order valence-electron chi connectivity index (χ2n) is 4.30. The van der Waals surface area contributed by atoms with Crippen LogP contribution in [0, 0.1) is 0 Å². The van der Waals surface area contributed by atoms with Gasteiger partial charge in [0.1, 0.15) is 4.34 Å².